The molecule has 0 saturated carbocycles. The average molecular weight is 507 g/mol. The Hall–Kier alpha value is -3.81. The van der Waals surface area contributed by atoms with Crippen LogP contribution in [0.4, 0.5) is 4.39 Å². The minimum absolute atomic E-state index is 0.0838. The fourth-order valence-electron chi connectivity index (χ4n) is 4.85. The Bertz CT molecular complexity index is 1240. The van der Waals surface area contributed by atoms with Crippen molar-refractivity contribution in [1.82, 2.24) is 9.88 Å². The lowest BCUT2D eigenvalue weighted by Gasteiger charge is -2.32. The third kappa shape index (κ3) is 6.13. The molecule has 1 saturated heterocycles. The summed E-state index contributed by atoms with van der Waals surface area (Å²) in [5.74, 6) is 1.73. The molecule has 0 bridgehead atoms. The van der Waals surface area contributed by atoms with E-state index in [0.717, 1.165) is 49.7 Å². The molecule has 1 aromatic heterocycles. The van der Waals surface area contributed by atoms with Gasteiger partial charge in [-0.05, 0) is 73.6 Å². The number of fused-ring (bicyclic) bond motifs is 1. The van der Waals surface area contributed by atoms with Gasteiger partial charge < -0.3 is 24.2 Å². The van der Waals surface area contributed by atoms with Crippen molar-refractivity contribution in [3.8, 4) is 34.3 Å². The Morgan fingerprint density at radius 3 is 2.70 bits per heavy atom. The van der Waals surface area contributed by atoms with Crippen molar-refractivity contribution < 1.29 is 28.5 Å². The molecule has 1 N–H and O–H groups in total. The number of ether oxygens (including phenoxy) is 3. The molecule has 0 spiro atoms. The van der Waals surface area contributed by atoms with Gasteiger partial charge in [0.25, 0.3) is 5.91 Å². The molecule has 0 aliphatic carbocycles. The van der Waals surface area contributed by atoms with E-state index in [-0.39, 0.29) is 18.3 Å². The van der Waals surface area contributed by atoms with Crippen LogP contribution in [0.2, 0.25) is 0 Å². The molecule has 1 amide bonds. The van der Waals surface area contributed by atoms with E-state index in [1.54, 1.807) is 18.3 Å². The molecule has 2 aliphatic heterocycles. The van der Waals surface area contributed by atoms with E-state index in [2.05, 4.69) is 17.1 Å². The van der Waals surface area contributed by atoms with Gasteiger partial charge in [0.2, 0.25) is 0 Å². The molecular weight excluding hydrogens is 475 g/mol. The maximum atomic E-state index is 13.4. The topological polar surface area (TPSA) is 81.1 Å². The number of carbonyl (C=O) groups excluding carboxylic acids is 1. The second-order valence-electron chi connectivity index (χ2n) is 9.49. The molecule has 0 unspecified atom stereocenters. The van der Waals surface area contributed by atoms with Gasteiger partial charge in [-0.3, -0.25) is 9.78 Å². The van der Waals surface area contributed by atoms with E-state index in [9.17, 15) is 14.3 Å². The van der Waals surface area contributed by atoms with Crippen LogP contribution in [-0.2, 0) is 11.2 Å². The summed E-state index contributed by atoms with van der Waals surface area (Å²) in [6.07, 6.45) is 6.41. The summed E-state index contributed by atoms with van der Waals surface area (Å²) in [6, 6.07) is 13.3. The highest BCUT2D eigenvalue weighted by molar-refractivity contribution is 5.78. The van der Waals surface area contributed by atoms with Crippen LogP contribution in [0.25, 0.3) is 11.3 Å². The molecule has 5 rings (SSSR count). The highest BCUT2D eigenvalue weighted by atomic mass is 19.1. The standard InChI is InChI=1S/C29H31FN2O5/c30-22-7-8-23(24(33)18-22)29-26(3-1-12-31-29)37-19-28(34)32-13-10-20(11-14-32)4-5-21-6-9-25-27(17-21)36-16-2-15-35-25/h1,3,6-9,12,17-18,20,33H,2,4-5,10-11,13-16,19H2. The van der Waals surface area contributed by atoms with Crippen molar-refractivity contribution in [2.24, 2.45) is 5.92 Å². The van der Waals surface area contributed by atoms with Crippen LogP contribution < -0.4 is 14.2 Å². The first kappa shape index (κ1) is 24.9. The SMILES string of the molecule is O=C(COc1cccnc1-c1ccc(F)cc1O)N1CCC(CCc2ccc3c(c2)OCCCO3)CC1. The Morgan fingerprint density at radius 1 is 1.08 bits per heavy atom. The number of pyridine rings is 1. The van der Waals surface area contributed by atoms with Gasteiger partial charge in [-0.1, -0.05) is 6.07 Å². The molecular formula is C29H31FN2O5. The molecule has 8 heteroatoms. The van der Waals surface area contributed by atoms with Gasteiger partial charge in [-0.2, -0.15) is 0 Å². The molecule has 3 heterocycles. The highest BCUT2D eigenvalue weighted by Gasteiger charge is 2.24. The lowest BCUT2D eigenvalue weighted by Crippen LogP contribution is -2.41. The fraction of sp³-hybridized carbons (Fsp3) is 0.379. The number of amides is 1. The zero-order valence-corrected chi connectivity index (χ0v) is 20.7. The third-order valence-corrected chi connectivity index (χ3v) is 6.96. The van der Waals surface area contributed by atoms with E-state index >= 15 is 0 Å². The number of rotatable bonds is 7. The van der Waals surface area contributed by atoms with Crippen molar-refractivity contribution in [2.75, 3.05) is 32.9 Å². The summed E-state index contributed by atoms with van der Waals surface area (Å²) < 4.78 is 30.7. The number of hydrogen-bond donors (Lipinski definition) is 1. The van der Waals surface area contributed by atoms with Crippen LogP contribution in [0.1, 0.15) is 31.2 Å². The number of hydrogen-bond acceptors (Lipinski definition) is 6. The molecule has 1 fully saturated rings. The number of likely N-dealkylation sites (tertiary alicyclic amines) is 1. The van der Waals surface area contributed by atoms with Crippen molar-refractivity contribution in [3.63, 3.8) is 0 Å². The molecule has 37 heavy (non-hydrogen) atoms. The van der Waals surface area contributed by atoms with Crippen molar-refractivity contribution in [2.45, 2.75) is 32.1 Å². The molecule has 2 aliphatic rings. The molecule has 7 nitrogen and oxygen atoms in total. The number of phenols is 1. The summed E-state index contributed by atoms with van der Waals surface area (Å²) >= 11 is 0. The Balaban J connectivity index is 1.11. The summed E-state index contributed by atoms with van der Waals surface area (Å²) in [5.41, 5.74) is 1.95. The zero-order valence-electron chi connectivity index (χ0n) is 20.7. The van der Waals surface area contributed by atoms with Crippen LogP contribution in [0.5, 0.6) is 23.0 Å². The van der Waals surface area contributed by atoms with E-state index < -0.39 is 5.82 Å². The lowest BCUT2D eigenvalue weighted by molar-refractivity contribution is -0.134. The minimum atomic E-state index is -0.542. The van der Waals surface area contributed by atoms with E-state index in [1.165, 1.54) is 17.7 Å². The third-order valence-electron chi connectivity index (χ3n) is 6.96. The summed E-state index contributed by atoms with van der Waals surface area (Å²) in [5, 5.41) is 10.1. The smallest absolute Gasteiger partial charge is 0.260 e. The first-order valence-corrected chi connectivity index (χ1v) is 12.8. The van der Waals surface area contributed by atoms with Gasteiger partial charge in [0, 0.05) is 37.3 Å². The number of phenolic OH excluding ortho intramolecular Hbond substituents is 1. The van der Waals surface area contributed by atoms with Crippen LogP contribution in [0.3, 0.4) is 0 Å². The Morgan fingerprint density at radius 2 is 1.89 bits per heavy atom. The average Bonchev–Trinajstić information content (AvgIpc) is 3.16. The predicted octanol–water partition coefficient (Wildman–Crippen LogP) is 5.00. The first-order valence-electron chi connectivity index (χ1n) is 12.8. The molecule has 194 valence electrons. The minimum Gasteiger partial charge on any atom is -0.507 e. The monoisotopic (exact) mass is 506 g/mol. The Labute approximate surface area is 215 Å². The summed E-state index contributed by atoms with van der Waals surface area (Å²) in [6.45, 7) is 2.65. The molecule has 3 aromatic rings. The molecule has 2 aromatic carbocycles. The van der Waals surface area contributed by atoms with Gasteiger partial charge in [0.05, 0.1) is 13.2 Å². The number of aromatic hydroxyl groups is 1. The largest absolute Gasteiger partial charge is 0.507 e. The highest BCUT2D eigenvalue weighted by Crippen LogP contribution is 2.35. The number of aromatic nitrogens is 1. The number of benzene rings is 2. The van der Waals surface area contributed by atoms with Crippen LogP contribution in [-0.4, -0.2) is 53.8 Å². The van der Waals surface area contributed by atoms with Gasteiger partial charge >= 0.3 is 0 Å². The molecule has 0 atom stereocenters. The summed E-state index contributed by atoms with van der Waals surface area (Å²) in [7, 11) is 0. The van der Waals surface area contributed by atoms with Crippen molar-refractivity contribution in [3.05, 3.63) is 66.1 Å². The van der Waals surface area contributed by atoms with Crippen molar-refractivity contribution >= 4 is 5.91 Å². The first-order chi connectivity index (χ1) is 18.1. The van der Waals surface area contributed by atoms with Gasteiger partial charge in [-0.15, -0.1) is 0 Å². The van der Waals surface area contributed by atoms with Crippen LogP contribution in [0.15, 0.2) is 54.7 Å². The number of nitrogens with zero attached hydrogens (tertiary/aromatic N) is 2. The zero-order chi connectivity index (χ0) is 25.6. The van der Waals surface area contributed by atoms with E-state index in [4.69, 9.17) is 14.2 Å². The maximum Gasteiger partial charge on any atom is 0.260 e. The normalized spacial score (nSPS) is 15.8. The van der Waals surface area contributed by atoms with E-state index in [0.29, 0.717) is 49.2 Å². The maximum absolute atomic E-state index is 13.4. The second kappa shape index (κ2) is 11.5. The van der Waals surface area contributed by atoms with Gasteiger partial charge in [0.1, 0.15) is 23.0 Å². The van der Waals surface area contributed by atoms with Gasteiger partial charge in [-0.25, -0.2) is 4.39 Å². The Kier molecular flexibility index (Phi) is 7.73. The number of piperidine rings is 1. The fourth-order valence-corrected chi connectivity index (χ4v) is 4.85. The second-order valence-corrected chi connectivity index (χ2v) is 9.49. The van der Waals surface area contributed by atoms with Crippen LogP contribution >= 0.6 is 0 Å². The predicted molar refractivity (Wildman–Crippen MR) is 136 cm³/mol. The van der Waals surface area contributed by atoms with Gasteiger partial charge in [0.15, 0.2) is 18.1 Å². The quantitative estimate of drug-likeness (QED) is 0.486. The van der Waals surface area contributed by atoms with Crippen molar-refractivity contribution in [1.29, 1.82) is 0 Å². The number of halogens is 1. The summed E-state index contributed by atoms with van der Waals surface area (Å²) in [4.78, 5) is 18.9. The lowest BCUT2D eigenvalue weighted by atomic mass is 9.90. The van der Waals surface area contributed by atoms with Crippen LogP contribution in [0, 0.1) is 11.7 Å². The number of aryl methyl sites for hydroxylation is 1. The van der Waals surface area contributed by atoms with E-state index in [1.807, 2.05) is 11.0 Å². The molecule has 0 radical (unpaired) electrons. The number of carbonyl (C=O) groups is 1.